The number of benzene rings is 2. The summed E-state index contributed by atoms with van der Waals surface area (Å²) in [6.07, 6.45) is -0.244. The smallest absolute Gasteiger partial charge is 0.356 e. The van der Waals surface area contributed by atoms with Crippen molar-refractivity contribution in [3.63, 3.8) is 0 Å². The molecule has 0 saturated carbocycles. The van der Waals surface area contributed by atoms with Crippen molar-refractivity contribution in [1.82, 2.24) is 4.98 Å². The third-order valence-corrected chi connectivity index (χ3v) is 4.22. The standard InChI is InChI=1S/C20H21NO3/c1-12(2)15-10-7-11-16-17(15)21-18(20(22)23)19(16)24-13(3)14-8-5-4-6-9-14/h4-13,21H,1-3H3,(H,22,23)/t13-/m0/s1. The van der Waals surface area contributed by atoms with Gasteiger partial charge in [0.1, 0.15) is 6.10 Å². The van der Waals surface area contributed by atoms with Crippen LogP contribution in [0.4, 0.5) is 0 Å². The summed E-state index contributed by atoms with van der Waals surface area (Å²) in [6, 6.07) is 15.6. The summed E-state index contributed by atoms with van der Waals surface area (Å²) in [5.74, 6) is -0.332. The Morgan fingerprint density at radius 3 is 2.38 bits per heavy atom. The third-order valence-electron chi connectivity index (χ3n) is 4.22. The van der Waals surface area contributed by atoms with Crippen LogP contribution in [0.25, 0.3) is 10.9 Å². The van der Waals surface area contributed by atoms with E-state index >= 15 is 0 Å². The first kappa shape index (κ1) is 16.1. The number of aromatic carboxylic acids is 1. The fraction of sp³-hybridized carbons (Fsp3) is 0.250. The van der Waals surface area contributed by atoms with Crippen LogP contribution in [0.1, 0.15) is 54.4 Å². The average Bonchev–Trinajstić information content (AvgIpc) is 2.94. The first-order valence-electron chi connectivity index (χ1n) is 8.08. The maximum Gasteiger partial charge on any atom is 0.356 e. The molecule has 4 heteroatoms. The molecule has 1 heterocycles. The summed E-state index contributed by atoms with van der Waals surface area (Å²) in [5, 5.41) is 10.4. The number of H-pyrrole nitrogens is 1. The first-order chi connectivity index (χ1) is 11.5. The van der Waals surface area contributed by atoms with Crippen molar-refractivity contribution in [3.05, 3.63) is 65.4 Å². The Balaban J connectivity index is 2.10. The van der Waals surface area contributed by atoms with E-state index in [0.29, 0.717) is 5.75 Å². The Labute approximate surface area is 141 Å². The number of hydrogen-bond donors (Lipinski definition) is 2. The fourth-order valence-corrected chi connectivity index (χ4v) is 2.94. The molecule has 24 heavy (non-hydrogen) atoms. The minimum atomic E-state index is -1.02. The topological polar surface area (TPSA) is 62.3 Å². The molecule has 2 aromatic carbocycles. The van der Waals surface area contributed by atoms with Gasteiger partial charge >= 0.3 is 5.97 Å². The van der Waals surface area contributed by atoms with Crippen molar-refractivity contribution < 1.29 is 14.6 Å². The van der Waals surface area contributed by atoms with E-state index in [1.807, 2.05) is 55.5 Å². The number of carbonyl (C=O) groups is 1. The van der Waals surface area contributed by atoms with Crippen LogP contribution in [0.15, 0.2) is 48.5 Å². The second-order valence-electron chi connectivity index (χ2n) is 6.23. The van der Waals surface area contributed by atoms with Crippen molar-refractivity contribution in [2.24, 2.45) is 0 Å². The Hall–Kier alpha value is -2.75. The SMILES string of the molecule is CC(C)c1cccc2c(O[C@@H](C)c3ccccc3)c(C(=O)O)[nH]c12. The molecule has 124 valence electrons. The highest BCUT2D eigenvalue weighted by atomic mass is 16.5. The maximum absolute atomic E-state index is 11.7. The minimum Gasteiger partial charge on any atom is -0.483 e. The number of ether oxygens (including phenoxy) is 1. The van der Waals surface area contributed by atoms with Crippen molar-refractivity contribution in [2.75, 3.05) is 0 Å². The Kier molecular flexibility index (Phi) is 4.30. The molecule has 0 aliphatic heterocycles. The monoisotopic (exact) mass is 323 g/mol. The van der Waals surface area contributed by atoms with Gasteiger partial charge in [-0.2, -0.15) is 0 Å². The number of hydrogen-bond acceptors (Lipinski definition) is 2. The van der Waals surface area contributed by atoms with Crippen LogP contribution < -0.4 is 4.74 Å². The van der Waals surface area contributed by atoms with Crippen molar-refractivity contribution in [3.8, 4) is 5.75 Å². The zero-order valence-corrected chi connectivity index (χ0v) is 14.0. The Morgan fingerprint density at radius 1 is 1.04 bits per heavy atom. The number of para-hydroxylation sites is 1. The lowest BCUT2D eigenvalue weighted by atomic mass is 10.0. The minimum absolute atomic E-state index is 0.0980. The molecule has 0 spiro atoms. The number of rotatable bonds is 5. The van der Waals surface area contributed by atoms with E-state index in [9.17, 15) is 9.90 Å². The van der Waals surface area contributed by atoms with Crippen LogP contribution in [-0.2, 0) is 0 Å². The quantitative estimate of drug-likeness (QED) is 0.684. The number of aromatic amines is 1. The lowest BCUT2D eigenvalue weighted by Gasteiger charge is -2.15. The number of carboxylic acids is 1. The molecule has 3 aromatic rings. The van der Waals surface area contributed by atoms with Crippen LogP contribution in [0.2, 0.25) is 0 Å². The molecule has 0 aliphatic rings. The molecule has 0 unspecified atom stereocenters. The lowest BCUT2D eigenvalue weighted by molar-refractivity contribution is 0.0684. The van der Waals surface area contributed by atoms with Gasteiger partial charge in [-0.25, -0.2) is 4.79 Å². The van der Waals surface area contributed by atoms with Gasteiger partial charge in [0.15, 0.2) is 11.4 Å². The highest BCUT2D eigenvalue weighted by Gasteiger charge is 2.22. The molecule has 3 rings (SSSR count). The Morgan fingerprint density at radius 2 is 1.75 bits per heavy atom. The van der Waals surface area contributed by atoms with Gasteiger partial charge in [0.25, 0.3) is 0 Å². The maximum atomic E-state index is 11.7. The van der Waals surface area contributed by atoms with Gasteiger partial charge in [-0.15, -0.1) is 0 Å². The summed E-state index contributed by atoms with van der Waals surface area (Å²) >= 11 is 0. The van der Waals surface area contributed by atoms with Gasteiger partial charge in [0, 0.05) is 5.39 Å². The van der Waals surface area contributed by atoms with Crippen LogP contribution in [0.5, 0.6) is 5.75 Å². The van der Waals surface area contributed by atoms with Gasteiger partial charge < -0.3 is 14.8 Å². The molecule has 4 nitrogen and oxygen atoms in total. The van der Waals surface area contributed by atoms with Crippen molar-refractivity contribution in [2.45, 2.75) is 32.8 Å². The van der Waals surface area contributed by atoms with E-state index in [1.165, 1.54) is 0 Å². The van der Waals surface area contributed by atoms with Gasteiger partial charge in [-0.05, 0) is 30.0 Å². The van der Waals surface area contributed by atoms with E-state index in [-0.39, 0.29) is 17.7 Å². The molecular formula is C20H21NO3. The summed E-state index contributed by atoms with van der Waals surface area (Å²) in [6.45, 7) is 6.10. The van der Waals surface area contributed by atoms with Gasteiger partial charge in [-0.3, -0.25) is 0 Å². The van der Waals surface area contributed by atoms with E-state index in [2.05, 4.69) is 18.8 Å². The predicted octanol–water partition coefficient (Wildman–Crippen LogP) is 5.13. The predicted molar refractivity (Wildman–Crippen MR) is 94.8 cm³/mol. The summed E-state index contributed by atoms with van der Waals surface area (Å²) in [4.78, 5) is 14.7. The molecular weight excluding hydrogens is 302 g/mol. The average molecular weight is 323 g/mol. The molecule has 0 radical (unpaired) electrons. The number of nitrogens with one attached hydrogen (secondary N) is 1. The van der Waals surface area contributed by atoms with Gasteiger partial charge in [0.2, 0.25) is 0 Å². The molecule has 0 aliphatic carbocycles. The molecule has 0 bridgehead atoms. The van der Waals surface area contributed by atoms with Crippen LogP contribution >= 0.6 is 0 Å². The van der Waals surface area contributed by atoms with E-state index in [1.54, 1.807) is 0 Å². The van der Waals surface area contributed by atoms with E-state index in [4.69, 9.17) is 4.74 Å². The second kappa shape index (κ2) is 6.40. The van der Waals surface area contributed by atoms with Gasteiger partial charge in [-0.1, -0.05) is 56.3 Å². The lowest BCUT2D eigenvalue weighted by Crippen LogP contribution is -2.06. The first-order valence-corrected chi connectivity index (χ1v) is 8.08. The summed E-state index contributed by atoms with van der Waals surface area (Å²) in [5.41, 5.74) is 3.02. The highest BCUT2D eigenvalue weighted by Crippen LogP contribution is 2.36. The molecule has 0 fully saturated rings. The summed E-state index contributed by atoms with van der Waals surface area (Å²) in [7, 11) is 0. The molecule has 1 aromatic heterocycles. The Bertz CT molecular complexity index is 865. The zero-order valence-electron chi connectivity index (χ0n) is 14.0. The number of fused-ring (bicyclic) bond motifs is 1. The zero-order chi connectivity index (χ0) is 17.3. The molecule has 0 amide bonds. The van der Waals surface area contributed by atoms with E-state index < -0.39 is 5.97 Å². The highest BCUT2D eigenvalue weighted by molar-refractivity contribution is 6.01. The number of aromatic nitrogens is 1. The molecule has 0 saturated heterocycles. The third kappa shape index (κ3) is 2.87. The van der Waals surface area contributed by atoms with Gasteiger partial charge in [0.05, 0.1) is 5.52 Å². The fourth-order valence-electron chi connectivity index (χ4n) is 2.94. The molecule has 1 atom stereocenters. The second-order valence-corrected chi connectivity index (χ2v) is 6.23. The van der Waals surface area contributed by atoms with Crippen molar-refractivity contribution in [1.29, 1.82) is 0 Å². The number of carboxylic acid groups (broad SMARTS) is 1. The van der Waals surface area contributed by atoms with Crippen LogP contribution in [0.3, 0.4) is 0 Å². The van der Waals surface area contributed by atoms with Crippen molar-refractivity contribution >= 4 is 16.9 Å². The van der Waals surface area contributed by atoms with Crippen LogP contribution in [-0.4, -0.2) is 16.1 Å². The summed E-state index contributed by atoms with van der Waals surface area (Å²) < 4.78 is 6.07. The molecule has 2 N–H and O–H groups in total. The normalized spacial score (nSPS) is 12.5. The largest absolute Gasteiger partial charge is 0.483 e. The van der Waals surface area contributed by atoms with E-state index in [0.717, 1.165) is 22.0 Å². The van der Waals surface area contributed by atoms with Crippen LogP contribution in [0, 0.1) is 0 Å².